The van der Waals surface area contributed by atoms with E-state index in [0.717, 1.165) is 57.9 Å². The van der Waals surface area contributed by atoms with Crippen molar-refractivity contribution in [3.8, 4) is 0 Å². The monoisotopic (exact) mass is 373 g/mol. The number of aliphatic hydroxyl groups is 1. The first-order valence-electron chi connectivity index (χ1n) is 9.93. The van der Waals surface area contributed by atoms with Crippen LogP contribution in [0.4, 0.5) is 5.82 Å². The van der Waals surface area contributed by atoms with Gasteiger partial charge < -0.3 is 24.5 Å². The van der Waals surface area contributed by atoms with Crippen molar-refractivity contribution in [1.82, 2.24) is 19.8 Å². The Morgan fingerprint density at radius 2 is 2.15 bits per heavy atom. The van der Waals surface area contributed by atoms with Crippen LogP contribution < -0.4 is 4.90 Å². The number of aliphatic hydroxyl groups excluding tert-OH is 1. The molecule has 0 radical (unpaired) electrons. The molecule has 1 aromatic rings. The smallest absolute Gasteiger partial charge is 0.274 e. The summed E-state index contributed by atoms with van der Waals surface area (Å²) in [5.41, 5.74) is 0.257. The quantitative estimate of drug-likeness (QED) is 0.788. The molecular weight excluding hydrogens is 346 g/mol. The number of hydrogen-bond donors (Lipinski definition) is 1. The second-order valence-electron chi connectivity index (χ2n) is 8.45. The van der Waals surface area contributed by atoms with Gasteiger partial charge >= 0.3 is 0 Å². The van der Waals surface area contributed by atoms with Gasteiger partial charge in [-0.15, -0.1) is 0 Å². The lowest BCUT2D eigenvalue weighted by Crippen LogP contribution is -2.47. The van der Waals surface area contributed by atoms with E-state index >= 15 is 0 Å². The van der Waals surface area contributed by atoms with Gasteiger partial charge in [-0.05, 0) is 19.9 Å². The summed E-state index contributed by atoms with van der Waals surface area (Å²) >= 11 is 0. The third-order valence-corrected chi connectivity index (χ3v) is 6.95. The summed E-state index contributed by atoms with van der Waals surface area (Å²) in [6.07, 6.45) is 5.58. The van der Waals surface area contributed by atoms with Crippen LogP contribution in [-0.4, -0.2) is 95.4 Å². The molecule has 1 spiro atoms. The average Bonchev–Trinajstić information content (AvgIpc) is 3.36. The Labute approximate surface area is 159 Å². The minimum absolute atomic E-state index is 0.0413. The molecule has 8 heteroatoms. The van der Waals surface area contributed by atoms with Crippen molar-refractivity contribution in [2.24, 2.45) is 11.8 Å². The van der Waals surface area contributed by atoms with Crippen LogP contribution in [-0.2, 0) is 4.74 Å². The topological polar surface area (TPSA) is 82.0 Å². The normalized spacial score (nSPS) is 35.7. The molecule has 146 valence electrons. The van der Waals surface area contributed by atoms with Gasteiger partial charge in [0.05, 0.1) is 24.1 Å². The second kappa shape index (κ2) is 6.39. The number of amides is 1. The van der Waals surface area contributed by atoms with Gasteiger partial charge in [0.1, 0.15) is 11.5 Å². The molecule has 4 aliphatic rings. The summed E-state index contributed by atoms with van der Waals surface area (Å²) in [6.45, 7) is 4.98. The van der Waals surface area contributed by atoms with E-state index in [1.54, 1.807) is 12.4 Å². The van der Waals surface area contributed by atoms with Crippen molar-refractivity contribution >= 4 is 11.7 Å². The summed E-state index contributed by atoms with van der Waals surface area (Å²) in [4.78, 5) is 28.0. The highest BCUT2D eigenvalue weighted by Gasteiger charge is 2.63. The SMILES string of the molecule is CN1CCN(C(=O)c2cncc(N3C[C@H]4[C@@H](CO)[C@@H]5CC[C@@]4(C3)O5)n2)CC1. The molecule has 0 saturated carbocycles. The van der Waals surface area contributed by atoms with Crippen molar-refractivity contribution in [3.05, 3.63) is 18.1 Å². The van der Waals surface area contributed by atoms with Crippen LogP contribution in [0.5, 0.6) is 0 Å². The number of nitrogens with zero attached hydrogens (tertiary/aromatic N) is 5. The maximum absolute atomic E-state index is 12.8. The maximum Gasteiger partial charge on any atom is 0.274 e. The number of rotatable bonds is 3. The molecule has 4 fully saturated rings. The zero-order chi connectivity index (χ0) is 18.6. The first kappa shape index (κ1) is 17.3. The van der Waals surface area contributed by atoms with Crippen molar-refractivity contribution in [1.29, 1.82) is 0 Å². The number of fused-ring (bicyclic) bond motifs is 1. The molecule has 2 bridgehead atoms. The molecule has 1 aromatic heterocycles. The molecule has 0 aliphatic carbocycles. The molecule has 0 unspecified atom stereocenters. The predicted octanol–water partition coefficient (Wildman–Crippen LogP) is -0.160. The third-order valence-electron chi connectivity index (χ3n) is 6.95. The average molecular weight is 373 g/mol. The molecule has 4 saturated heterocycles. The van der Waals surface area contributed by atoms with E-state index in [1.807, 2.05) is 4.90 Å². The van der Waals surface area contributed by atoms with E-state index in [1.165, 1.54) is 0 Å². The summed E-state index contributed by atoms with van der Waals surface area (Å²) in [5, 5.41) is 9.79. The van der Waals surface area contributed by atoms with Gasteiger partial charge in [0, 0.05) is 57.7 Å². The molecule has 4 atom stereocenters. The fraction of sp³-hybridized carbons (Fsp3) is 0.737. The molecule has 0 aromatic carbocycles. The number of likely N-dealkylation sites (N-methyl/N-ethyl adjacent to an activating group) is 1. The fourth-order valence-electron chi connectivity index (χ4n) is 5.39. The molecule has 1 amide bonds. The summed E-state index contributed by atoms with van der Waals surface area (Å²) < 4.78 is 6.29. The number of anilines is 1. The van der Waals surface area contributed by atoms with Crippen LogP contribution >= 0.6 is 0 Å². The number of piperazine rings is 1. The zero-order valence-corrected chi connectivity index (χ0v) is 15.8. The largest absolute Gasteiger partial charge is 0.396 e. The minimum Gasteiger partial charge on any atom is -0.396 e. The number of carbonyl (C=O) groups excluding carboxylic acids is 1. The Balaban J connectivity index is 1.34. The minimum atomic E-state index is -0.156. The standard InChI is InChI=1S/C19H27N5O3/c1-22-4-6-23(7-5-22)18(26)15-8-20-9-17(21-15)24-10-14-13(11-25)16-2-3-19(14,12-24)27-16/h8-9,13-14,16,25H,2-7,10-12H2,1H3/t13-,14+,16+,19+/m1/s1. The first-order valence-corrected chi connectivity index (χ1v) is 9.93. The lowest BCUT2D eigenvalue weighted by molar-refractivity contribution is 0.0128. The van der Waals surface area contributed by atoms with Gasteiger partial charge in [0.2, 0.25) is 0 Å². The van der Waals surface area contributed by atoms with Crippen molar-refractivity contribution in [2.45, 2.75) is 24.5 Å². The van der Waals surface area contributed by atoms with Gasteiger partial charge in [0.15, 0.2) is 0 Å². The van der Waals surface area contributed by atoms with Crippen LogP contribution in [0.15, 0.2) is 12.4 Å². The number of hydrogen-bond acceptors (Lipinski definition) is 7. The number of carbonyl (C=O) groups is 1. The van der Waals surface area contributed by atoms with E-state index < -0.39 is 0 Å². The Bertz CT molecular complexity index is 738. The Morgan fingerprint density at radius 3 is 2.93 bits per heavy atom. The van der Waals surface area contributed by atoms with E-state index in [4.69, 9.17) is 4.74 Å². The van der Waals surface area contributed by atoms with Crippen molar-refractivity contribution < 1.29 is 14.6 Å². The third kappa shape index (κ3) is 2.73. The van der Waals surface area contributed by atoms with Gasteiger partial charge in [-0.25, -0.2) is 4.98 Å². The van der Waals surface area contributed by atoms with E-state index in [9.17, 15) is 9.90 Å². The van der Waals surface area contributed by atoms with Gasteiger partial charge in [-0.2, -0.15) is 0 Å². The van der Waals surface area contributed by atoms with E-state index in [-0.39, 0.29) is 30.1 Å². The van der Waals surface area contributed by atoms with Gasteiger partial charge in [-0.1, -0.05) is 0 Å². The van der Waals surface area contributed by atoms with Crippen LogP contribution in [0.25, 0.3) is 0 Å². The molecular formula is C19H27N5O3. The summed E-state index contributed by atoms with van der Waals surface area (Å²) in [6, 6.07) is 0. The molecule has 5 heterocycles. The zero-order valence-electron chi connectivity index (χ0n) is 15.8. The highest BCUT2D eigenvalue weighted by Crippen LogP contribution is 2.55. The van der Waals surface area contributed by atoms with Crippen LogP contribution in [0.3, 0.4) is 0 Å². The Morgan fingerprint density at radius 1 is 1.33 bits per heavy atom. The highest BCUT2D eigenvalue weighted by atomic mass is 16.5. The lowest BCUT2D eigenvalue weighted by Gasteiger charge is -2.32. The first-order chi connectivity index (χ1) is 13.1. The fourth-order valence-corrected chi connectivity index (χ4v) is 5.39. The van der Waals surface area contributed by atoms with Crippen molar-refractivity contribution in [3.63, 3.8) is 0 Å². The van der Waals surface area contributed by atoms with Crippen LogP contribution in [0, 0.1) is 11.8 Å². The van der Waals surface area contributed by atoms with Crippen LogP contribution in [0.1, 0.15) is 23.3 Å². The van der Waals surface area contributed by atoms with E-state index in [0.29, 0.717) is 11.6 Å². The molecule has 5 rings (SSSR count). The van der Waals surface area contributed by atoms with Gasteiger partial charge in [0.25, 0.3) is 5.91 Å². The number of ether oxygens (including phenoxy) is 1. The van der Waals surface area contributed by atoms with Crippen LogP contribution in [0.2, 0.25) is 0 Å². The lowest BCUT2D eigenvalue weighted by atomic mass is 9.74. The van der Waals surface area contributed by atoms with Crippen molar-refractivity contribution in [2.75, 3.05) is 57.8 Å². The Kier molecular flexibility index (Phi) is 4.10. The summed E-state index contributed by atoms with van der Waals surface area (Å²) in [5.74, 6) is 1.25. The highest BCUT2D eigenvalue weighted by molar-refractivity contribution is 5.92. The molecule has 1 N–H and O–H groups in total. The number of aromatic nitrogens is 2. The Hall–Kier alpha value is -1.77. The second-order valence-corrected chi connectivity index (χ2v) is 8.45. The van der Waals surface area contributed by atoms with Gasteiger partial charge in [-0.3, -0.25) is 9.78 Å². The van der Waals surface area contributed by atoms with E-state index in [2.05, 4.69) is 26.8 Å². The predicted molar refractivity (Wildman–Crippen MR) is 98.5 cm³/mol. The maximum atomic E-state index is 12.8. The molecule has 27 heavy (non-hydrogen) atoms. The summed E-state index contributed by atoms with van der Waals surface area (Å²) in [7, 11) is 2.07. The molecule has 4 aliphatic heterocycles. The molecule has 8 nitrogen and oxygen atoms in total.